The molecule has 0 spiro atoms. The molecule has 196 valence electrons. The minimum absolute atomic E-state index is 0.0223. The van der Waals surface area contributed by atoms with Crippen LogP contribution in [0, 0.1) is 0 Å². The van der Waals surface area contributed by atoms with Crippen LogP contribution in [0.15, 0.2) is 65.0 Å². The number of rotatable bonds is 9. The fourth-order valence-electron chi connectivity index (χ4n) is 5.07. The van der Waals surface area contributed by atoms with Crippen LogP contribution in [0.5, 0.6) is 17.2 Å². The average Bonchev–Trinajstić information content (AvgIpc) is 2.90. The van der Waals surface area contributed by atoms with Crippen LogP contribution in [0.2, 0.25) is 0 Å². The molecule has 0 fully saturated rings. The topological polar surface area (TPSA) is 94.1 Å². The number of ketones is 1. The molecule has 2 aromatic carbocycles. The third-order valence-corrected chi connectivity index (χ3v) is 7.68. The molecule has 4 rings (SSSR count). The maximum Gasteiger partial charge on any atom is 0.336 e. The van der Waals surface area contributed by atoms with Crippen LogP contribution >= 0.6 is 11.8 Å². The van der Waals surface area contributed by atoms with E-state index >= 15 is 0 Å². The molecule has 0 saturated heterocycles. The quantitative estimate of drug-likeness (QED) is 0.348. The first kappa shape index (κ1) is 26.7. The Morgan fingerprint density at radius 3 is 2.43 bits per heavy atom. The summed E-state index contributed by atoms with van der Waals surface area (Å²) in [6.07, 6.45) is 0.914. The van der Waals surface area contributed by atoms with Crippen molar-refractivity contribution in [1.29, 1.82) is 0 Å². The maximum atomic E-state index is 13.7. The van der Waals surface area contributed by atoms with Crippen LogP contribution in [-0.2, 0) is 14.3 Å². The molecule has 2 aliphatic rings. The highest BCUT2D eigenvalue weighted by Gasteiger charge is 2.41. The highest BCUT2D eigenvalue weighted by Crippen LogP contribution is 2.46. The Balaban J connectivity index is 1.70. The van der Waals surface area contributed by atoms with Crippen molar-refractivity contribution in [3.63, 3.8) is 0 Å². The third kappa shape index (κ3) is 5.64. The number of phenols is 1. The van der Waals surface area contributed by atoms with Gasteiger partial charge >= 0.3 is 5.97 Å². The van der Waals surface area contributed by atoms with E-state index in [9.17, 15) is 14.7 Å². The number of benzene rings is 2. The van der Waals surface area contributed by atoms with Gasteiger partial charge < -0.3 is 24.6 Å². The van der Waals surface area contributed by atoms with Crippen molar-refractivity contribution in [2.45, 2.75) is 38.5 Å². The fraction of sp³-hybridized carbons (Fsp3) is 0.379. The molecule has 2 aromatic rings. The Kier molecular flexibility index (Phi) is 8.48. The molecule has 1 aliphatic carbocycles. The Bertz CT molecular complexity index is 1230. The van der Waals surface area contributed by atoms with E-state index in [2.05, 4.69) is 12.2 Å². The van der Waals surface area contributed by atoms with Crippen molar-refractivity contribution in [2.24, 2.45) is 0 Å². The third-order valence-electron chi connectivity index (χ3n) is 6.82. The lowest BCUT2D eigenvalue weighted by atomic mass is 9.71. The van der Waals surface area contributed by atoms with Gasteiger partial charge in [-0.2, -0.15) is 11.8 Å². The summed E-state index contributed by atoms with van der Waals surface area (Å²) in [5.41, 5.74) is 4.25. The van der Waals surface area contributed by atoms with Gasteiger partial charge in [0.05, 0.1) is 19.8 Å². The predicted molar refractivity (Wildman–Crippen MR) is 144 cm³/mol. The number of dihydropyridines is 1. The first-order valence-corrected chi connectivity index (χ1v) is 13.5. The summed E-state index contributed by atoms with van der Waals surface area (Å²) < 4.78 is 16.5. The molecule has 0 bridgehead atoms. The normalized spacial score (nSPS) is 19.3. The van der Waals surface area contributed by atoms with Crippen LogP contribution in [-0.4, -0.2) is 49.2 Å². The van der Waals surface area contributed by atoms with Crippen LogP contribution in [0.3, 0.4) is 0 Å². The second-order valence-electron chi connectivity index (χ2n) is 9.06. The van der Waals surface area contributed by atoms with Crippen molar-refractivity contribution in [3.05, 3.63) is 76.1 Å². The van der Waals surface area contributed by atoms with Gasteiger partial charge in [-0.1, -0.05) is 25.1 Å². The van der Waals surface area contributed by atoms with Gasteiger partial charge in [-0.25, -0.2) is 4.79 Å². The molecule has 0 aromatic heterocycles. The number of methoxy groups -OCH3 is 2. The molecule has 1 aliphatic heterocycles. The molecule has 37 heavy (non-hydrogen) atoms. The summed E-state index contributed by atoms with van der Waals surface area (Å²) >= 11 is 1.70. The number of phenolic OH excluding ortho intramolecular Hbond substituents is 1. The number of carbonyl (C=O) groups excluding carboxylic acids is 2. The number of thioether (sulfide) groups is 1. The molecule has 2 atom stereocenters. The number of Topliss-reactive ketones (excluding diaryl/α,β-unsaturated/α-hetero) is 1. The van der Waals surface area contributed by atoms with E-state index < -0.39 is 11.9 Å². The summed E-state index contributed by atoms with van der Waals surface area (Å²) in [7, 11) is 3.18. The largest absolute Gasteiger partial charge is 0.508 e. The molecule has 8 heteroatoms. The number of esters is 1. The molecule has 7 nitrogen and oxygen atoms in total. The average molecular weight is 524 g/mol. The van der Waals surface area contributed by atoms with E-state index in [1.807, 2.05) is 25.1 Å². The summed E-state index contributed by atoms with van der Waals surface area (Å²) in [6.45, 7) is 4.21. The molecule has 0 unspecified atom stereocenters. The van der Waals surface area contributed by atoms with Gasteiger partial charge in [0.1, 0.15) is 12.4 Å². The lowest BCUT2D eigenvalue weighted by Gasteiger charge is -2.36. The Morgan fingerprint density at radius 1 is 1.05 bits per heavy atom. The van der Waals surface area contributed by atoms with Gasteiger partial charge in [0.25, 0.3) is 0 Å². The number of hydrogen-bond donors (Lipinski definition) is 2. The molecule has 0 amide bonds. The first-order chi connectivity index (χ1) is 17.9. The van der Waals surface area contributed by atoms with E-state index in [1.165, 1.54) is 0 Å². The summed E-state index contributed by atoms with van der Waals surface area (Å²) in [4.78, 5) is 27.0. The number of aromatic hydroxyl groups is 1. The Labute approximate surface area is 221 Å². The molecule has 0 saturated carbocycles. The van der Waals surface area contributed by atoms with Gasteiger partial charge in [-0.3, -0.25) is 4.79 Å². The van der Waals surface area contributed by atoms with Gasteiger partial charge in [0.15, 0.2) is 17.3 Å². The lowest BCUT2D eigenvalue weighted by Crippen LogP contribution is -2.36. The highest BCUT2D eigenvalue weighted by atomic mass is 32.2. The number of hydrogen-bond acceptors (Lipinski definition) is 8. The smallest absolute Gasteiger partial charge is 0.336 e. The lowest BCUT2D eigenvalue weighted by molar-refractivity contribution is -0.138. The predicted octanol–water partition coefficient (Wildman–Crippen LogP) is 5.07. The van der Waals surface area contributed by atoms with E-state index in [-0.39, 0.29) is 17.5 Å². The molecule has 2 N–H and O–H groups in total. The van der Waals surface area contributed by atoms with Gasteiger partial charge in [0, 0.05) is 35.1 Å². The monoisotopic (exact) mass is 523 g/mol. The molecular weight excluding hydrogens is 490 g/mol. The second-order valence-corrected chi connectivity index (χ2v) is 10.4. The van der Waals surface area contributed by atoms with E-state index in [0.717, 1.165) is 22.6 Å². The van der Waals surface area contributed by atoms with Crippen molar-refractivity contribution in [2.75, 3.05) is 32.3 Å². The SMILES string of the molecule is CCSCCOC(=O)C1=C(C)NC2=C(C(=O)C[C@H](c3ccc(OC)c(OC)c3)C2)[C@@H]1c1ccc(O)cc1. The maximum absolute atomic E-state index is 13.7. The Hall–Kier alpha value is -3.39. The van der Waals surface area contributed by atoms with Crippen LogP contribution in [0.25, 0.3) is 0 Å². The molecule has 1 heterocycles. The van der Waals surface area contributed by atoms with Crippen molar-refractivity contribution in [1.82, 2.24) is 5.32 Å². The minimum Gasteiger partial charge on any atom is -0.508 e. The number of carbonyl (C=O) groups is 2. The van der Waals surface area contributed by atoms with Crippen molar-refractivity contribution < 1.29 is 28.9 Å². The summed E-state index contributed by atoms with van der Waals surface area (Å²) in [5, 5.41) is 13.2. The van der Waals surface area contributed by atoms with Gasteiger partial charge in [-0.15, -0.1) is 0 Å². The van der Waals surface area contributed by atoms with Gasteiger partial charge in [0.2, 0.25) is 0 Å². The van der Waals surface area contributed by atoms with Crippen LogP contribution in [0.1, 0.15) is 49.7 Å². The fourth-order valence-corrected chi connectivity index (χ4v) is 5.56. The first-order valence-electron chi connectivity index (χ1n) is 12.4. The van der Waals surface area contributed by atoms with E-state index in [1.54, 1.807) is 50.2 Å². The standard InChI is InChI=1S/C29H33NO6S/c1-5-37-13-12-36-29(33)26-17(2)30-22-14-20(19-8-11-24(34-3)25(16-19)35-4)15-23(32)28(22)27(26)18-6-9-21(31)10-7-18/h6-11,16,20,27,30-31H,5,12-15H2,1-4H3/t20-,27-/m1/s1. The zero-order chi connectivity index (χ0) is 26.5. The number of nitrogens with one attached hydrogen (secondary N) is 1. The number of allylic oxidation sites excluding steroid dienone is 3. The number of ether oxygens (including phenoxy) is 3. The summed E-state index contributed by atoms with van der Waals surface area (Å²) in [6, 6.07) is 12.4. The van der Waals surface area contributed by atoms with E-state index in [4.69, 9.17) is 14.2 Å². The molecule has 0 radical (unpaired) electrons. The van der Waals surface area contributed by atoms with Crippen molar-refractivity contribution >= 4 is 23.5 Å². The zero-order valence-corrected chi connectivity index (χ0v) is 22.4. The molecular formula is C29H33NO6S. The zero-order valence-electron chi connectivity index (χ0n) is 21.6. The van der Waals surface area contributed by atoms with E-state index in [0.29, 0.717) is 53.5 Å². The van der Waals surface area contributed by atoms with Crippen molar-refractivity contribution in [3.8, 4) is 17.2 Å². The Morgan fingerprint density at radius 2 is 1.76 bits per heavy atom. The highest BCUT2D eigenvalue weighted by molar-refractivity contribution is 7.99. The van der Waals surface area contributed by atoms with Crippen LogP contribution < -0.4 is 14.8 Å². The minimum atomic E-state index is -0.568. The van der Waals surface area contributed by atoms with Gasteiger partial charge in [-0.05, 0) is 60.4 Å². The second kappa shape index (κ2) is 11.8. The summed E-state index contributed by atoms with van der Waals surface area (Å²) in [5.74, 6) is 1.97. The van der Waals surface area contributed by atoms with Crippen LogP contribution in [0.4, 0.5) is 0 Å².